The summed E-state index contributed by atoms with van der Waals surface area (Å²) in [5.74, 6) is 1.09. The maximum atomic E-state index is 11.4. The summed E-state index contributed by atoms with van der Waals surface area (Å²) in [6.07, 6.45) is 3.87. The Bertz CT molecular complexity index is 203. The number of rotatable bonds is 1. The zero-order valence-electron chi connectivity index (χ0n) is 7.99. The average molecular weight is 183 g/mol. The van der Waals surface area contributed by atoms with Gasteiger partial charge >= 0.3 is 0 Å². The molecule has 0 aromatic heterocycles. The molecule has 0 radical (unpaired) electrons. The van der Waals surface area contributed by atoms with Crippen molar-refractivity contribution in [3.63, 3.8) is 0 Å². The smallest absolute Gasteiger partial charge is 0.222 e. The number of fused-ring (bicyclic) bond motifs is 2. The Labute approximate surface area is 78.5 Å². The first-order chi connectivity index (χ1) is 6.22. The fraction of sp³-hybridized carbons (Fsp3) is 0.900. The van der Waals surface area contributed by atoms with E-state index in [2.05, 4.69) is 5.32 Å². The van der Waals surface area contributed by atoms with Gasteiger partial charge in [-0.15, -0.1) is 0 Å². The predicted octanol–water partition coefficient (Wildman–Crippen LogP) is 0.529. The van der Waals surface area contributed by atoms with Crippen molar-refractivity contribution < 1.29 is 9.90 Å². The van der Waals surface area contributed by atoms with E-state index >= 15 is 0 Å². The minimum atomic E-state index is -0.124. The topological polar surface area (TPSA) is 49.3 Å². The fourth-order valence-electron chi connectivity index (χ4n) is 2.91. The standard InChI is InChI=1S/C10H17NO2/c1-11-10(13)8-4-6-2-3-7(5-8)9(6)12/h6-9,12H,2-5H2,1H3,(H,11,13). The van der Waals surface area contributed by atoms with Crippen molar-refractivity contribution in [1.82, 2.24) is 5.32 Å². The van der Waals surface area contributed by atoms with E-state index in [0.29, 0.717) is 11.8 Å². The highest BCUT2D eigenvalue weighted by atomic mass is 16.3. The van der Waals surface area contributed by atoms with Gasteiger partial charge in [-0.3, -0.25) is 4.79 Å². The van der Waals surface area contributed by atoms with Crippen molar-refractivity contribution in [2.24, 2.45) is 17.8 Å². The number of hydrogen-bond donors (Lipinski definition) is 2. The summed E-state index contributed by atoms with van der Waals surface area (Å²) in [5.41, 5.74) is 0. The maximum Gasteiger partial charge on any atom is 0.222 e. The van der Waals surface area contributed by atoms with Gasteiger partial charge in [-0.1, -0.05) is 0 Å². The molecule has 2 saturated carbocycles. The summed E-state index contributed by atoms with van der Waals surface area (Å²) in [7, 11) is 1.69. The zero-order chi connectivity index (χ0) is 9.42. The molecule has 0 aromatic rings. The first-order valence-corrected chi connectivity index (χ1v) is 5.12. The predicted molar refractivity (Wildman–Crippen MR) is 49.0 cm³/mol. The third-order valence-electron chi connectivity index (χ3n) is 3.67. The van der Waals surface area contributed by atoms with Gasteiger partial charge in [-0.05, 0) is 37.5 Å². The Morgan fingerprint density at radius 1 is 1.31 bits per heavy atom. The van der Waals surface area contributed by atoms with Crippen molar-refractivity contribution in [3.05, 3.63) is 0 Å². The molecule has 3 nitrogen and oxygen atoms in total. The molecule has 0 spiro atoms. The number of carbonyl (C=O) groups is 1. The number of carbonyl (C=O) groups excluding carboxylic acids is 1. The van der Waals surface area contributed by atoms with Crippen molar-refractivity contribution >= 4 is 5.91 Å². The number of aliphatic hydroxyl groups excluding tert-OH is 1. The van der Waals surface area contributed by atoms with Gasteiger partial charge in [-0.2, -0.15) is 0 Å². The molecule has 2 rings (SSSR count). The largest absolute Gasteiger partial charge is 0.393 e. The second-order valence-corrected chi connectivity index (χ2v) is 4.37. The maximum absolute atomic E-state index is 11.4. The normalized spacial score (nSPS) is 43.2. The van der Waals surface area contributed by atoms with Crippen LogP contribution in [-0.2, 0) is 4.79 Å². The van der Waals surface area contributed by atoms with Gasteiger partial charge in [0.05, 0.1) is 6.10 Å². The lowest BCUT2D eigenvalue weighted by Gasteiger charge is -2.30. The van der Waals surface area contributed by atoms with Gasteiger partial charge in [0, 0.05) is 13.0 Å². The Balaban J connectivity index is 2.02. The monoisotopic (exact) mass is 183 g/mol. The van der Waals surface area contributed by atoms with E-state index in [1.54, 1.807) is 7.05 Å². The average Bonchev–Trinajstić information content (AvgIpc) is 2.42. The summed E-state index contributed by atoms with van der Waals surface area (Å²) >= 11 is 0. The first kappa shape index (κ1) is 9.00. The van der Waals surface area contributed by atoms with Crippen LogP contribution in [0.2, 0.25) is 0 Å². The van der Waals surface area contributed by atoms with E-state index in [1.807, 2.05) is 0 Å². The molecule has 1 amide bonds. The quantitative estimate of drug-likeness (QED) is 0.623. The van der Waals surface area contributed by atoms with Crippen LogP contribution in [0.4, 0.5) is 0 Å². The van der Waals surface area contributed by atoms with Crippen LogP contribution in [0.25, 0.3) is 0 Å². The van der Waals surface area contributed by atoms with E-state index in [4.69, 9.17) is 0 Å². The molecule has 2 aliphatic rings. The minimum Gasteiger partial charge on any atom is -0.393 e. The summed E-state index contributed by atoms with van der Waals surface area (Å²) in [5, 5.41) is 12.4. The molecule has 2 N–H and O–H groups in total. The molecule has 2 fully saturated rings. The van der Waals surface area contributed by atoms with Crippen LogP contribution in [0, 0.1) is 17.8 Å². The van der Waals surface area contributed by atoms with Crippen LogP contribution in [0.3, 0.4) is 0 Å². The van der Waals surface area contributed by atoms with E-state index in [-0.39, 0.29) is 17.9 Å². The summed E-state index contributed by atoms with van der Waals surface area (Å²) in [6.45, 7) is 0. The lowest BCUT2D eigenvalue weighted by molar-refractivity contribution is -0.127. The molecule has 74 valence electrons. The molecule has 0 aromatic carbocycles. The minimum absolute atomic E-state index is 0.124. The van der Waals surface area contributed by atoms with Crippen molar-refractivity contribution in [2.45, 2.75) is 31.8 Å². The number of nitrogens with one attached hydrogen (secondary N) is 1. The first-order valence-electron chi connectivity index (χ1n) is 5.12. The SMILES string of the molecule is CNC(=O)C1CC2CCC(C1)C2O. The van der Waals surface area contributed by atoms with Crippen molar-refractivity contribution in [3.8, 4) is 0 Å². The highest BCUT2D eigenvalue weighted by Gasteiger charge is 2.43. The Hall–Kier alpha value is -0.570. The molecule has 2 unspecified atom stereocenters. The molecule has 2 atom stereocenters. The second-order valence-electron chi connectivity index (χ2n) is 4.37. The summed E-state index contributed by atoms with van der Waals surface area (Å²) in [6, 6.07) is 0. The molecule has 2 bridgehead atoms. The van der Waals surface area contributed by atoms with Crippen LogP contribution in [0.1, 0.15) is 25.7 Å². The fourth-order valence-corrected chi connectivity index (χ4v) is 2.91. The Kier molecular flexibility index (Phi) is 2.28. The zero-order valence-corrected chi connectivity index (χ0v) is 7.99. The Morgan fingerprint density at radius 2 is 1.85 bits per heavy atom. The van der Waals surface area contributed by atoms with Crippen LogP contribution < -0.4 is 5.32 Å². The van der Waals surface area contributed by atoms with E-state index in [9.17, 15) is 9.90 Å². The van der Waals surface area contributed by atoms with Crippen LogP contribution in [0.15, 0.2) is 0 Å². The van der Waals surface area contributed by atoms with Crippen molar-refractivity contribution in [2.75, 3.05) is 7.05 Å². The van der Waals surface area contributed by atoms with E-state index < -0.39 is 0 Å². The number of aliphatic hydroxyl groups is 1. The summed E-state index contributed by atoms with van der Waals surface area (Å²) < 4.78 is 0. The number of hydrogen-bond acceptors (Lipinski definition) is 2. The van der Waals surface area contributed by atoms with Gasteiger partial charge in [0.1, 0.15) is 0 Å². The van der Waals surface area contributed by atoms with Gasteiger partial charge in [0.25, 0.3) is 0 Å². The van der Waals surface area contributed by atoms with E-state index in [0.717, 1.165) is 25.7 Å². The van der Waals surface area contributed by atoms with Gasteiger partial charge in [0.2, 0.25) is 5.91 Å². The van der Waals surface area contributed by atoms with Gasteiger partial charge in [0.15, 0.2) is 0 Å². The van der Waals surface area contributed by atoms with Gasteiger partial charge < -0.3 is 10.4 Å². The van der Waals surface area contributed by atoms with Crippen molar-refractivity contribution in [1.29, 1.82) is 0 Å². The second kappa shape index (κ2) is 3.29. The molecule has 0 aliphatic heterocycles. The number of amides is 1. The molecular weight excluding hydrogens is 166 g/mol. The lowest BCUT2D eigenvalue weighted by atomic mass is 9.78. The molecule has 13 heavy (non-hydrogen) atoms. The summed E-state index contributed by atoms with van der Waals surface area (Å²) in [4.78, 5) is 11.4. The van der Waals surface area contributed by atoms with Crippen LogP contribution in [0.5, 0.6) is 0 Å². The molecular formula is C10H17NO2. The molecule has 0 saturated heterocycles. The molecule has 3 heteroatoms. The Morgan fingerprint density at radius 3 is 2.31 bits per heavy atom. The van der Waals surface area contributed by atoms with Crippen LogP contribution >= 0.6 is 0 Å². The third-order valence-corrected chi connectivity index (χ3v) is 3.67. The molecule has 0 heterocycles. The van der Waals surface area contributed by atoms with Crippen LogP contribution in [-0.4, -0.2) is 24.2 Å². The highest BCUT2D eigenvalue weighted by molar-refractivity contribution is 5.78. The van der Waals surface area contributed by atoms with Gasteiger partial charge in [-0.25, -0.2) is 0 Å². The highest BCUT2D eigenvalue weighted by Crippen LogP contribution is 2.44. The lowest BCUT2D eigenvalue weighted by Crippen LogP contribution is -2.37. The van der Waals surface area contributed by atoms with E-state index in [1.165, 1.54) is 0 Å². The molecule has 2 aliphatic carbocycles. The third kappa shape index (κ3) is 1.46.